The van der Waals surface area contributed by atoms with Crippen LogP contribution < -0.4 is 0 Å². The Morgan fingerprint density at radius 1 is 1.28 bits per heavy atom. The Hall–Kier alpha value is -2.06. The Morgan fingerprint density at radius 3 is 2.59 bits per heavy atom. The Bertz CT molecular complexity index is 853. The molecular weight excluding hydrogens is 406 g/mol. The van der Waals surface area contributed by atoms with Crippen LogP contribution in [0.5, 0.6) is 0 Å². The molecule has 0 bridgehead atoms. The molecule has 0 aromatic carbocycles. The maximum Gasteiger partial charge on any atom is 0.338 e. The van der Waals surface area contributed by atoms with Crippen molar-refractivity contribution in [1.29, 1.82) is 0 Å². The van der Waals surface area contributed by atoms with Crippen molar-refractivity contribution in [2.75, 3.05) is 20.2 Å². The van der Waals surface area contributed by atoms with E-state index in [2.05, 4.69) is 18.8 Å². The van der Waals surface area contributed by atoms with Gasteiger partial charge in [0.15, 0.2) is 5.17 Å². The van der Waals surface area contributed by atoms with Gasteiger partial charge in [0.1, 0.15) is 0 Å². The van der Waals surface area contributed by atoms with Crippen molar-refractivity contribution >= 4 is 40.1 Å². The van der Waals surface area contributed by atoms with Crippen molar-refractivity contribution in [3.05, 3.63) is 44.8 Å². The number of hydrogen-bond donors (Lipinski definition) is 0. The number of nitrogens with zero attached hydrogens (tertiary/aromatic N) is 3. The van der Waals surface area contributed by atoms with Gasteiger partial charge in [-0.1, -0.05) is 25.6 Å². The number of methoxy groups -OCH3 is 1. The van der Waals surface area contributed by atoms with E-state index in [0.29, 0.717) is 17.7 Å². The first-order valence-electron chi connectivity index (χ1n) is 9.84. The molecule has 2 aliphatic heterocycles. The zero-order chi connectivity index (χ0) is 21.0. The summed E-state index contributed by atoms with van der Waals surface area (Å²) in [4.78, 5) is 34.2. The van der Waals surface area contributed by atoms with Gasteiger partial charge in [-0.2, -0.15) is 11.3 Å². The standard InChI is InChI=1S/C21H27N3O3S2/c1-5-8-23(9-6-2)17(25)11-16-13-29-21-22-14(3)18(20(26)27-4)19(24(16)21)15-7-10-28-12-15/h7,10,12-13,19H,5-6,8-9,11H2,1-4H3/t19-/m0/s1. The van der Waals surface area contributed by atoms with Crippen molar-refractivity contribution in [2.45, 2.75) is 46.1 Å². The highest BCUT2D eigenvalue weighted by molar-refractivity contribution is 8.16. The molecule has 29 heavy (non-hydrogen) atoms. The van der Waals surface area contributed by atoms with Crippen LogP contribution in [0.1, 0.15) is 51.6 Å². The van der Waals surface area contributed by atoms with Gasteiger partial charge in [0.25, 0.3) is 0 Å². The number of carbonyl (C=O) groups excluding carboxylic acids is 2. The number of amidine groups is 1. The summed E-state index contributed by atoms with van der Waals surface area (Å²) in [6.45, 7) is 7.52. The third-order valence-corrected chi connectivity index (χ3v) is 6.53. The lowest BCUT2D eigenvalue weighted by Crippen LogP contribution is -2.39. The van der Waals surface area contributed by atoms with E-state index >= 15 is 0 Å². The number of carbonyl (C=O) groups is 2. The average molecular weight is 434 g/mol. The maximum absolute atomic E-state index is 13.0. The van der Waals surface area contributed by atoms with E-state index in [9.17, 15) is 9.59 Å². The topological polar surface area (TPSA) is 62.2 Å². The monoisotopic (exact) mass is 433 g/mol. The van der Waals surface area contributed by atoms with Crippen LogP contribution in [0.2, 0.25) is 0 Å². The molecule has 1 atom stereocenters. The Labute approximate surface area is 180 Å². The summed E-state index contributed by atoms with van der Waals surface area (Å²) < 4.78 is 5.06. The molecule has 0 saturated carbocycles. The minimum atomic E-state index is -0.386. The molecule has 156 valence electrons. The van der Waals surface area contributed by atoms with Crippen LogP contribution in [0.25, 0.3) is 0 Å². The molecule has 0 N–H and O–H groups in total. The van der Waals surface area contributed by atoms with Crippen molar-refractivity contribution in [1.82, 2.24) is 9.80 Å². The number of fused-ring (bicyclic) bond motifs is 1. The molecular formula is C21H27N3O3S2. The quantitative estimate of drug-likeness (QED) is 0.564. The molecule has 0 fully saturated rings. The largest absolute Gasteiger partial charge is 0.466 e. The molecule has 1 aromatic heterocycles. The normalized spacial score (nSPS) is 18.3. The summed E-state index contributed by atoms with van der Waals surface area (Å²) in [5.74, 6) is -0.278. The van der Waals surface area contributed by atoms with Gasteiger partial charge in [0, 0.05) is 18.8 Å². The van der Waals surface area contributed by atoms with Crippen LogP contribution in [0.15, 0.2) is 44.2 Å². The van der Waals surface area contributed by atoms with Crippen molar-refractivity contribution in [3.8, 4) is 0 Å². The predicted octanol–water partition coefficient (Wildman–Crippen LogP) is 4.53. The van der Waals surface area contributed by atoms with Gasteiger partial charge in [-0.25, -0.2) is 9.79 Å². The number of aliphatic imine (C=N–C) groups is 1. The minimum Gasteiger partial charge on any atom is -0.466 e. The minimum absolute atomic E-state index is 0.108. The Balaban J connectivity index is 1.93. The highest BCUT2D eigenvalue weighted by atomic mass is 32.2. The second-order valence-corrected chi connectivity index (χ2v) is 8.62. The molecule has 0 unspecified atom stereocenters. The second kappa shape index (κ2) is 9.63. The molecule has 8 heteroatoms. The van der Waals surface area contributed by atoms with Crippen molar-refractivity contribution < 1.29 is 14.3 Å². The highest BCUT2D eigenvalue weighted by Gasteiger charge is 2.41. The van der Waals surface area contributed by atoms with Crippen LogP contribution in [0.3, 0.4) is 0 Å². The summed E-state index contributed by atoms with van der Waals surface area (Å²) >= 11 is 3.08. The molecule has 1 amide bonds. The molecule has 3 rings (SSSR count). The third kappa shape index (κ3) is 4.43. The zero-order valence-electron chi connectivity index (χ0n) is 17.3. The smallest absolute Gasteiger partial charge is 0.338 e. The third-order valence-electron chi connectivity index (χ3n) is 4.94. The maximum atomic E-state index is 13.0. The molecule has 2 aliphatic rings. The number of esters is 1. The molecule has 0 spiro atoms. The average Bonchev–Trinajstić information content (AvgIpc) is 3.36. The predicted molar refractivity (Wildman–Crippen MR) is 119 cm³/mol. The van der Waals surface area contributed by atoms with E-state index < -0.39 is 0 Å². The molecule has 0 aliphatic carbocycles. The van der Waals surface area contributed by atoms with E-state index in [0.717, 1.165) is 42.4 Å². The number of thioether (sulfide) groups is 1. The van der Waals surface area contributed by atoms with Crippen LogP contribution >= 0.6 is 23.1 Å². The zero-order valence-corrected chi connectivity index (χ0v) is 18.9. The van der Waals surface area contributed by atoms with Gasteiger partial charge < -0.3 is 14.5 Å². The Morgan fingerprint density at radius 2 is 2.00 bits per heavy atom. The first-order valence-corrected chi connectivity index (χ1v) is 11.7. The summed E-state index contributed by atoms with van der Waals surface area (Å²) in [5, 5.41) is 6.81. The molecule has 6 nitrogen and oxygen atoms in total. The van der Waals surface area contributed by atoms with Gasteiger partial charge >= 0.3 is 5.97 Å². The van der Waals surface area contributed by atoms with Crippen LogP contribution in [-0.4, -0.2) is 47.0 Å². The van der Waals surface area contributed by atoms with Gasteiger partial charge in [-0.05, 0) is 47.6 Å². The van der Waals surface area contributed by atoms with Crippen molar-refractivity contribution in [3.63, 3.8) is 0 Å². The van der Waals surface area contributed by atoms with Gasteiger partial charge in [-0.3, -0.25) is 4.79 Å². The van der Waals surface area contributed by atoms with E-state index in [1.54, 1.807) is 11.3 Å². The summed E-state index contributed by atoms with van der Waals surface area (Å²) in [6.07, 6.45) is 2.16. The fourth-order valence-corrected chi connectivity index (χ4v) is 5.30. The second-order valence-electron chi connectivity index (χ2n) is 7.00. The summed E-state index contributed by atoms with van der Waals surface area (Å²) in [5.41, 5.74) is 3.06. The van der Waals surface area contributed by atoms with Crippen molar-refractivity contribution in [2.24, 2.45) is 4.99 Å². The molecule has 3 heterocycles. The van der Waals surface area contributed by atoms with E-state index in [1.807, 2.05) is 39.0 Å². The number of allylic oxidation sites excluding steroid dienone is 1. The summed E-state index contributed by atoms with van der Waals surface area (Å²) in [7, 11) is 1.39. The summed E-state index contributed by atoms with van der Waals surface area (Å²) in [6, 6.07) is 1.68. The number of amides is 1. The van der Waals surface area contributed by atoms with Gasteiger partial charge in [0.2, 0.25) is 5.91 Å². The lowest BCUT2D eigenvalue weighted by molar-refractivity contribution is -0.136. The fourth-order valence-electron chi connectivity index (χ4n) is 3.65. The Kier molecular flexibility index (Phi) is 7.18. The van der Waals surface area contributed by atoms with Gasteiger partial charge in [-0.15, -0.1) is 0 Å². The fraction of sp³-hybridized carbons (Fsp3) is 0.476. The molecule has 0 radical (unpaired) electrons. The number of thiophene rings is 1. The lowest BCUT2D eigenvalue weighted by Gasteiger charge is -2.36. The lowest BCUT2D eigenvalue weighted by atomic mass is 9.96. The van der Waals surface area contributed by atoms with Gasteiger partial charge in [0.05, 0.1) is 30.8 Å². The highest BCUT2D eigenvalue weighted by Crippen LogP contribution is 2.45. The van der Waals surface area contributed by atoms with E-state index in [-0.39, 0.29) is 17.9 Å². The van der Waals surface area contributed by atoms with Crippen LogP contribution in [-0.2, 0) is 14.3 Å². The first-order chi connectivity index (χ1) is 14.0. The van der Waals surface area contributed by atoms with Crippen LogP contribution in [0, 0.1) is 0 Å². The number of ether oxygens (including phenoxy) is 1. The number of hydrogen-bond acceptors (Lipinski definition) is 7. The number of rotatable bonds is 8. The SMILES string of the molecule is CCCN(CCC)C(=O)CC1=CSC2=NC(C)=C(C(=O)OC)[C@H](c3ccsc3)N12. The van der Waals surface area contributed by atoms with E-state index in [1.165, 1.54) is 18.9 Å². The van der Waals surface area contributed by atoms with E-state index in [4.69, 9.17) is 4.74 Å². The molecule has 1 aromatic rings. The van der Waals surface area contributed by atoms with Crippen LogP contribution in [0.4, 0.5) is 0 Å². The first kappa shape index (κ1) is 21.6. The molecule has 0 saturated heterocycles.